The number of carbonyl (C=O) groups is 2. The highest BCUT2D eigenvalue weighted by molar-refractivity contribution is 7.14. The van der Waals surface area contributed by atoms with Gasteiger partial charge in [0.25, 0.3) is 5.91 Å². The Morgan fingerprint density at radius 2 is 2.14 bits per heavy atom. The van der Waals surface area contributed by atoms with Crippen molar-refractivity contribution in [2.24, 2.45) is 0 Å². The molecule has 3 aromatic heterocycles. The summed E-state index contributed by atoms with van der Waals surface area (Å²) in [4.78, 5) is 23.8. The first-order valence-electron chi connectivity index (χ1n) is 5.86. The second-order valence-electron chi connectivity index (χ2n) is 4.10. The van der Waals surface area contributed by atoms with Crippen LogP contribution in [0, 0.1) is 0 Å². The fraction of sp³-hybridized carbons (Fsp3) is 0. The lowest BCUT2D eigenvalue weighted by atomic mass is 10.3. The van der Waals surface area contributed by atoms with Gasteiger partial charge in [0.15, 0.2) is 5.69 Å². The van der Waals surface area contributed by atoms with E-state index in [1.54, 1.807) is 17.4 Å². The lowest BCUT2D eigenvalue weighted by Crippen LogP contribution is -2.11. The average Bonchev–Trinajstić information content (AvgIpc) is 3.19. The zero-order valence-corrected chi connectivity index (χ0v) is 12.1. The molecule has 21 heavy (non-hydrogen) atoms. The number of aromatic amines is 1. The van der Waals surface area contributed by atoms with Gasteiger partial charge in [-0.05, 0) is 23.6 Å². The van der Waals surface area contributed by atoms with Crippen LogP contribution in [0.1, 0.15) is 20.8 Å². The highest BCUT2D eigenvalue weighted by atomic mass is 32.1. The van der Waals surface area contributed by atoms with Crippen molar-refractivity contribution in [3.05, 3.63) is 46.3 Å². The molecule has 1 amide bonds. The van der Waals surface area contributed by atoms with Crippen LogP contribution >= 0.6 is 22.7 Å². The van der Waals surface area contributed by atoms with Gasteiger partial charge in [0.2, 0.25) is 0 Å². The molecule has 106 valence electrons. The number of nitrogens with zero attached hydrogens (tertiary/aromatic N) is 1. The van der Waals surface area contributed by atoms with Crippen LogP contribution in [-0.2, 0) is 0 Å². The SMILES string of the molecule is O=C(O)c1csc(NC(=O)c2cc(-c3cccs3)[nH]n2)c1. The number of carboxylic acid groups (broad SMARTS) is 1. The standard InChI is InChI=1S/C13H9N3O3S2/c17-12(14-11-4-7(6-21-11)13(18)19)9-5-8(15-16-9)10-2-1-3-20-10/h1-6H,(H,14,17)(H,15,16)(H,18,19). The number of rotatable bonds is 4. The van der Waals surface area contributed by atoms with Gasteiger partial charge in [0, 0.05) is 5.38 Å². The van der Waals surface area contributed by atoms with Crippen molar-refractivity contribution >= 4 is 39.6 Å². The van der Waals surface area contributed by atoms with Crippen LogP contribution in [0.2, 0.25) is 0 Å². The van der Waals surface area contributed by atoms with Gasteiger partial charge < -0.3 is 10.4 Å². The maximum absolute atomic E-state index is 12.0. The molecule has 8 heteroatoms. The zero-order valence-electron chi connectivity index (χ0n) is 10.5. The highest BCUT2D eigenvalue weighted by Gasteiger charge is 2.14. The Bertz CT molecular complexity index is 789. The molecule has 3 heterocycles. The lowest BCUT2D eigenvalue weighted by Gasteiger charge is -1.97. The summed E-state index contributed by atoms with van der Waals surface area (Å²) in [5, 5.41) is 22.1. The minimum Gasteiger partial charge on any atom is -0.478 e. The molecule has 0 aromatic carbocycles. The molecule has 0 fully saturated rings. The first kappa shape index (κ1) is 13.5. The molecule has 3 rings (SSSR count). The van der Waals surface area contributed by atoms with Crippen LogP contribution in [-0.4, -0.2) is 27.2 Å². The number of nitrogens with one attached hydrogen (secondary N) is 2. The molecule has 0 aliphatic carbocycles. The molecule has 0 bridgehead atoms. The second kappa shape index (κ2) is 5.51. The summed E-state index contributed by atoms with van der Waals surface area (Å²) >= 11 is 2.70. The summed E-state index contributed by atoms with van der Waals surface area (Å²) in [5.41, 5.74) is 1.17. The number of H-pyrrole nitrogens is 1. The summed E-state index contributed by atoms with van der Waals surface area (Å²) in [5.74, 6) is -1.40. The van der Waals surface area contributed by atoms with E-state index in [9.17, 15) is 9.59 Å². The summed E-state index contributed by atoms with van der Waals surface area (Å²) in [7, 11) is 0. The third-order valence-corrected chi connectivity index (χ3v) is 4.43. The summed E-state index contributed by atoms with van der Waals surface area (Å²) in [6.07, 6.45) is 0. The molecule has 0 saturated carbocycles. The van der Waals surface area contributed by atoms with Gasteiger partial charge in [-0.2, -0.15) is 5.10 Å². The maximum atomic E-state index is 12.0. The summed E-state index contributed by atoms with van der Waals surface area (Å²) in [6.45, 7) is 0. The molecular weight excluding hydrogens is 310 g/mol. The van der Waals surface area contributed by atoms with E-state index in [-0.39, 0.29) is 17.2 Å². The minimum absolute atomic E-state index is 0.150. The number of hydrogen-bond acceptors (Lipinski definition) is 5. The molecule has 0 unspecified atom stereocenters. The molecule has 3 aromatic rings. The van der Waals surface area contributed by atoms with Gasteiger partial charge in [0.05, 0.1) is 21.1 Å². The number of thiophene rings is 2. The van der Waals surface area contributed by atoms with Crippen molar-refractivity contribution in [3.8, 4) is 10.6 Å². The summed E-state index contributed by atoms with van der Waals surface area (Å²) in [6, 6.07) is 6.92. The fourth-order valence-electron chi connectivity index (χ4n) is 1.69. The minimum atomic E-state index is -1.02. The van der Waals surface area contributed by atoms with E-state index in [1.165, 1.54) is 11.4 Å². The maximum Gasteiger partial charge on any atom is 0.336 e. The van der Waals surface area contributed by atoms with Gasteiger partial charge in [-0.25, -0.2) is 4.79 Å². The normalized spacial score (nSPS) is 10.5. The van der Waals surface area contributed by atoms with Crippen LogP contribution in [0.3, 0.4) is 0 Å². The van der Waals surface area contributed by atoms with E-state index in [1.807, 2.05) is 17.5 Å². The van der Waals surface area contributed by atoms with Crippen LogP contribution in [0.25, 0.3) is 10.6 Å². The van der Waals surface area contributed by atoms with E-state index in [4.69, 9.17) is 5.11 Å². The third-order valence-electron chi connectivity index (χ3n) is 2.68. The van der Waals surface area contributed by atoms with Crippen LogP contribution in [0.4, 0.5) is 5.00 Å². The number of anilines is 1. The van der Waals surface area contributed by atoms with Crippen molar-refractivity contribution in [2.75, 3.05) is 5.32 Å². The number of carboxylic acids is 1. The van der Waals surface area contributed by atoms with Crippen LogP contribution in [0.5, 0.6) is 0 Å². The summed E-state index contributed by atoms with van der Waals surface area (Å²) < 4.78 is 0. The molecule has 0 aliphatic rings. The van der Waals surface area contributed by atoms with Gasteiger partial charge in [-0.3, -0.25) is 9.89 Å². The quantitative estimate of drug-likeness (QED) is 0.688. The Morgan fingerprint density at radius 1 is 1.29 bits per heavy atom. The Balaban J connectivity index is 1.74. The number of aromatic carboxylic acids is 1. The molecule has 6 nitrogen and oxygen atoms in total. The van der Waals surface area contributed by atoms with Crippen LogP contribution < -0.4 is 5.32 Å². The van der Waals surface area contributed by atoms with Gasteiger partial charge in [-0.15, -0.1) is 22.7 Å². The van der Waals surface area contributed by atoms with Crippen molar-refractivity contribution in [3.63, 3.8) is 0 Å². The van der Waals surface area contributed by atoms with Crippen molar-refractivity contribution in [2.45, 2.75) is 0 Å². The van der Waals surface area contributed by atoms with Gasteiger partial charge in [-0.1, -0.05) is 6.07 Å². The van der Waals surface area contributed by atoms with E-state index < -0.39 is 5.97 Å². The number of amides is 1. The smallest absolute Gasteiger partial charge is 0.336 e. The topological polar surface area (TPSA) is 95.1 Å². The Morgan fingerprint density at radius 3 is 2.81 bits per heavy atom. The fourth-order valence-corrected chi connectivity index (χ4v) is 3.15. The van der Waals surface area contributed by atoms with Crippen molar-refractivity contribution in [1.29, 1.82) is 0 Å². The van der Waals surface area contributed by atoms with E-state index in [2.05, 4.69) is 15.5 Å². The monoisotopic (exact) mass is 319 g/mol. The molecule has 0 radical (unpaired) electrons. The highest BCUT2D eigenvalue weighted by Crippen LogP contribution is 2.24. The average molecular weight is 319 g/mol. The Kier molecular flexibility index (Phi) is 3.55. The third kappa shape index (κ3) is 2.86. The van der Waals surface area contributed by atoms with E-state index in [0.717, 1.165) is 21.9 Å². The molecule has 0 atom stereocenters. The predicted molar refractivity (Wildman–Crippen MR) is 81.1 cm³/mol. The first-order valence-corrected chi connectivity index (χ1v) is 7.62. The predicted octanol–water partition coefficient (Wildman–Crippen LogP) is 3.15. The molecule has 3 N–H and O–H groups in total. The van der Waals surface area contributed by atoms with Gasteiger partial charge >= 0.3 is 5.97 Å². The van der Waals surface area contributed by atoms with Gasteiger partial charge in [0.1, 0.15) is 0 Å². The largest absolute Gasteiger partial charge is 0.478 e. The number of aromatic nitrogens is 2. The molecule has 0 spiro atoms. The van der Waals surface area contributed by atoms with E-state index in [0.29, 0.717) is 5.00 Å². The molecular formula is C13H9N3O3S2. The van der Waals surface area contributed by atoms with Crippen molar-refractivity contribution < 1.29 is 14.7 Å². The number of hydrogen-bond donors (Lipinski definition) is 3. The Hall–Kier alpha value is -2.45. The Labute approximate surface area is 127 Å². The molecule has 0 aliphatic heterocycles. The lowest BCUT2D eigenvalue weighted by molar-refractivity contribution is 0.0697. The van der Waals surface area contributed by atoms with Crippen molar-refractivity contribution in [1.82, 2.24) is 10.2 Å². The second-order valence-corrected chi connectivity index (χ2v) is 5.96. The zero-order chi connectivity index (χ0) is 14.8. The van der Waals surface area contributed by atoms with Crippen LogP contribution in [0.15, 0.2) is 35.0 Å². The molecule has 0 saturated heterocycles. The number of carbonyl (C=O) groups excluding carboxylic acids is 1. The van der Waals surface area contributed by atoms with E-state index >= 15 is 0 Å². The first-order chi connectivity index (χ1) is 10.1.